The fraction of sp³-hybridized carbons (Fsp3) is 0.727. The minimum absolute atomic E-state index is 0.0823. The molecule has 1 unspecified atom stereocenters. The molecule has 1 aliphatic rings. The van der Waals surface area contributed by atoms with Gasteiger partial charge in [-0.25, -0.2) is 13.1 Å². The molecule has 108 valence electrons. The van der Waals surface area contributed by atoms with Gasteiger partial charge in [0, 0.05) is 24.4 Å². The second-order valence-corrected chi connectivity index (χ2v) is 6.31. The summed E-state index contributed by atoms with van der Waals surface area (Å²) in [5.41, 5.74) is 0.855. The van der Waals surface area contributed by atoms with E-state index in [-0.39, 0.29) is 24.3 Å². The average Bonchev–Trinajstić information content (AvgIpc) is 2.79. The lowest BCUT2D eigenvalue weighted by Crippen LogP contribution is -2.35. The van der Waals surface area contributed by atoms with Crippen molar-refractivity contribution in [3.8, 4) is 0 Å². The van der Waals surface area contributed by atoms with E-state index >= 15 is 0 Å². The van der Waals surface area contributed by atoms with Crippen molar-refractivity contribution in [3.63, 3.8) is 0 Å². The topological polar surface area (TPSA) is 104 Å². The van der Waals surface area contributed by atoms with Gasteiger partial charge in [0.1, 0.15) is 0 Å². The Morgan fingerprint density at radius 3 is 2.95 bits per heavy atom. The minimum Gasteiger partial charge on any atom is -0.392 e. The van der Waals surface area contributed by atoms with Crippen molar-refractivity contribution < 1.29 is 18.3 Å². The number of aromatic amines is 1. The van der Waals surface area contributed by atoms with Crippen LogP contribution in [0.4, 0.5) is 0 Å². The van der Waals surface area contributed by atoms with Crippen LogP contribution in [-0.2, 0) is 21.4 Å². The number of hydrogen-bond donors (Lipinski definition) is 3. The predicted molar refractivity (Wildman–Crippen MR) is 68.0 cm³/mol. The van der Waals surface area contributed by atoms with Gasteiger partial charge in [-0.05, 0) is 26.2 Å². The zero-order valence-corrected chi connectivity index (χ0v) is 11.7. The molecule has 0 radical (unpaired) electrons. The zero-order chi connectivity index (χ0) is 13.9. The Balaban J connectivity index is 2.05. The maximum absolute atomic E-state index is 12.1. The smallest absolute Gasteiger partial charge is 0.260 e. The fourth-order valence-electron chi connectivity index (χ4n) is 2.08. The SMILES string of the molecule is Cc1[nH]nc(S(=O)(=O)NCC2CCCCO2)c1CO. The number of hydrogen-bond acceptors (Lipinski definition) is 5. The summed E-state index contributed by atoms with van der Waals surface area (Å²) >= 11 is 0. The number of sulfonamides is 1. The second kappa shape index (κ2) is 6.00. The molecule has 3 N–H and O–H groups in total. The maximum atomic E-state index is 12.1. The molecule has 1 aromatic heterocycles. The number of aryl methyl sites for hydroxylation is 1. The number of aliphatic hydroxyl groups is 1. The van der Waals surface area contributed by atoms with E-state index < -0.39 is 10.0 Å². The molecular formula is C11H19N3O4S. The van der Waals surface area contributed by atoms with Crippen LogP contribution in [0.2, 0.25) is 0 Å². The quantitative estimate of drug-likeness (QED) is 0.711. The lowest BCUT2D eigenvalue weighted by atomic mass is 10.1. The van der Waals surface area contributed by atoms with Crippen LogP contribution >= 0.6 is 0 Å². The number of nitrogens with zero attached hydrogens (tertiary/aromatic N) is 1. The number of H-pyrrole nitrogens is 1. The molecule has 0 bridgehead atoms. The van der Waals surface area contributed by atoms with Crippen LogP contribution in [0.1, 0.15) is 30.5 Å². The van der Waals surface area contributed by atoms with E-state index in [0.717, 1.165) is 19.3 Å². The maximum Gasteiger partial charge on any atom is 0.260 e. The highest BCUT2D eigenvalue weighted by Gasteiger charge is 2.25. The molecule has 1 atom stereocenters. The van der Waals surface area contributed by atoms with Crippen molar-refractivity contribution in [2.75, 3.05) is 13.2 Å². The molecule has 0 aromatic carbocycles. The molecule has 0 amide bonds. The molecule has 1 aliphatic heterocycles. The van der Waals surface area contributed by atoms with Crippen LogP contribution < -0.4 is 4.72 Å². The predicted octanol–water partition coefficient (Wildman–Crippen LogP) is 0.0578. The summed E-state index contributed by atoms with van der Waals surface area (Å²) in [6, 6.07) is 0. The van der Waals surface area contributed by atoms with Crippen molar-refractivity contribution in [3.05, 3.63) is 11.3 Å². The van der Waals surface area contributed by atoms with Crippen LogP contribution in [0.3, 0.4) is 0 Å². The summed E-state index contributed by atoms with van der Waals surface area (Å²) in [7, 11) is -3.71. The first-order valence-corrected chi connectivity index (χ1v) is 7.79. The first kappa shape index (κ1) is 14.4. The van der Waals surface area contributed by atoms with E-state index in [2.05, 4.69) is 14.9 Å². The Morgan fingerprint density at radius 2 is 2.32 bits per heavy atom. The minimum atomic E-state index is -3.71. The van der Waals surface area contributed by atoms with Crippen molar-refractivity contribution in [2.45, 2.75) is 43.9 Å². The molecule has 19 heavy (non-hydrogen) atoms. The standard InChI is InChI=1S/C11H19N3O4S/c1-8-10(7-15)11(14-13-8)19(16,17)12-6-9-4-2-3-5-18-9/h9,12,15H,2-7H2,1H3,(H,13,14). The summed E-state index contributed by atoms with van der Waals surface area (Å²) in [5.74, 6) is 0. The number of nitrogens with one attached hydrogen (secondary N) is 2. The van der Waals surface area contributed by atoms with E-state index in [1.54, 1.807) is 6.92 Å². The molecule has 0 aliphatic carbocycles. The molecule has 7 nitrogen and oxygen atoms in total. The van der Waals surface area contributed by atoms with Crippen molar-refractivity contribution in [1.29, 1.82) is 0 Å². The van der Waals surface area contributed by atoms with Crippen molar-refractivity contribution >= 4 is 10.0 Å². The Kier molecular flexibility index (Phi) is 4.56. The number of ether oxygens (including phenoxy) is 1. The van der Waals surface area contributed by atoms with Crippen LogP contribution in [0, 0.1) is 6.92 Å². The normalized spacial score (nSPS) is 20.6. The largest absolute Gasteiger partial charge is 0.392 e. The molecule has 1 fully saturated rings. The Bertz CT molecular complexity index is 520. The van der Waals surface area contributed by atoms with Gasteiger partial charge in [0.15, 0.2) is 5.03 Å². The highest BCUT2D eigenvalue weighted by molar-refractivity contribution is 7.89. The molecule has 2 rings (SSSR count). The highest BCUT2D eigenvalue weighted by atomic mass is 32.2. The third-order valence-corrected chi connectivity index (χ3v) is 4.62. The first-order valence-electron chi connectivity index (χ1n) is 6.30. The molecule has 2 heterocycles. The van der Waals surface area contributed by atoms with Crippen LogP contribution in [-0.4, -0.2) is 43.0 Å². The Labute approximate surface area is 112 Å². The summed E-state index contributed by atoms with van der Waals surface area (Å²) in [5, 5.41) is 15.4. The number of aliphatic hydroxyl groups excluding tert-OH is 1. The zero-order valence-electron chi connectivity index (χ0n) is 10.8. The summed E-state index contributed by atoms with van der Waals surface area (Å²) in [6.07, 6.45) is 2.85. The Hall–Kier alpha value is -0.960. The monoisotopic (exact) mass is 289 g/mol. The van der Waals surface area contributed by atoms with Gasteiger partial charge in [-0.3, -0.25) is 5.10 Å². The highest BCUT2D eigenvalue weighted by Crippen LogP contribution is 2.17. The lowest BCUT2D eigenvalue weighted by molar-refractivity contribution is 0.0200. The van der Waals surface area contributed by atoms with Gasteiger partial charge < -0.3 is 9.84 Å². The van der Waals surface area contributed by atoms with Crippen molar-refractivity contribution in [2.24, 2.45) is 0 Å². The van der Waals surface area contributed by atoms with Gasteiger partial charge in [-0.15, -0.1) is 0 Å². The molecule has 0 spiro atoms. The van der Waals surface area contributed by atoms with Gasteiger partial charge >= 0.3 is 0 Å². The van der Waals surface area contributed by atoms with E-state index in [1.807, 2.05) is 0 Å². The van der Waals surface area contributed by atoms with E-state index in [1.165, 1.54) is 0 Å². The van der Waals surface area contributed by atoms with Gasteiger partial charge in [0.2, 0.25) is 0 Å². The second-order valence-electron chi connectivity index (χ2n) is 4.63. The van der Waals surface area contributed by atoms with Gasteiger partial charge in [-0.1, -0.05) is 0 Å². The van der Waals surface area contributed by atoms with Crippen LogP contribution in [0.25, 0.3) is 0 Å². The Morgan fingerprint density at radius 1 is 1.53 bits per heavy atom. The fourth-order valence-corrected chi connectivity index (χ4v) is 3.33. The third kappa shape index (κ3) is 3.33. The molecule has 0 saturated carbocycles. The molecule has 1 saturated heterocycles. The van der Waals surface area contributed by atoms with Gasteiger partial charge in [-0.2, -0.15) is 5.10 Å². The van der Waals surface area contributed by atoms with E-state index in [9.17, 15) is 13.5 Å². The average molecular weight is 289 g/mol. The number of aromatic nitrogens is 2. The van der Waals surface area contributed by atoms with Crippen LogP contribution in [0.15, 0.2) is 5.03 Å². The van der Waals surface area contributed by atoms with Crippen LogP contribution in [0.5, 0.6) is 0 Å². The van der Waals surface area contributed by atoms with E-state index in [0.29, 0.717) is 17.9 Å². The third-order valence-electron chi connectivity index (χ3n) is 3.22. The molecular weight excluding hydrogens is 270 g/mol. The molecule has 8 heteroatoms. The summed E-state index contributed by atoms with van der Waals surface area (Å²) < 4.78 is 32.2. The van der Waals surface area contributed by atoms with Gasteiger partial charge in [0.25, 0.3) is 10.0 Å². The number of rotatable bonds is 5. The first-order chi connectivity index (χ1) is 9.04. The summed E-state index contributed by atoms with van der Waals surface area (Å²) in [4.78, 5) is 0. The van der Waals surface area contributed by atoms with Crippen molar-refractivity contribution in [1.82, 2.24) is 14.9 Å². The van der Waals surface area contributed by atoms with E-state index in [4.69, 9.17) is 4.74 Å². The lowest BCUT2D eigenvalue weighted by Gasteiger charge is -2.22. The summed E-state index contributed by atoms with van der Waals surface area (Å²) in [6.45, 7) is 2.22. The van der Waals surface area contributed by atoms with Gasteiger partial charge in [0.05, 0.1) is 12.7 Å². The molecule has 1 aromatic rings.